The van der Waals surface area contributed by atoms with Crippen LogP contribution in [-0.4, -0.2) is 23.2 Å². The van der Waals surface area contributed by atoms with Crippen LogP contribution in [0.15, 0.2) is 53.1 Å². The maximum atomic E-state index is 12.5. The van der Waals surface area contributed by atoms with Gasteiger partial charge in [-0.15, -0.1) is 0 Å². The number of carbonyl (C=O) groups is 1. The number of para-hydroxylation sites is 1. The first-order valence-electron chi connectivity index (χ1n) is 9.01. The van der Waals surface area contributed by atoms with Gasteiger partial charge < -0.3 is 14.5 Å². The van der Waals surface area contributed by atoms with Gasteiger partial charge in [-0.25, -0.2) is 0 Å². The molecule has 0 spiro atoms. The van der Waals surface area contributed by atoms with Crippen molar-refractivity contribution in [3.63, 3.8) is 0 Å². The van der Waals surface area contributed by atoms with E-state index < -0.39 is 0 Å². The van der Waals surface area contributed by atoms with Crippen LogP contribution < -0.4 is 10.1 Å². The fourth-order valence-corrected chi connectivity index (χ4v) is 3.28. The van der Waals surface area contributed by atoms with Gasteiger partial charge in [0, 0.05) is 22.6 Å². The Labute approximate surface area is 162 Å². The smallest absolute Gasteiger partial charge is 0.230 e. The molecule has 0 saturated heterocycles. The Morgan fingerprint density at radius 1 is 1.21 bits per heavy atom. The summed E-state index contributed by atoms with van der Waals surface area (Å²) in [6.45, 7) is 4.06. The molecule has 0 atom stereocenters. The molecule has 6 heteroatoms. The van der Waals surface area contributed by atoms with Gasteiger partial charge in [0.1, 0.15) is 11.3 Å². The van der Waals surface area contributed by atoms with E-state index in [1.54, 1.807) is 19.4 Å². The number of furan rings is 1. The Morgan fingerprint density at radius 2 is 2.04 bits per heavy atom. The van der Waals surface area contributed by atoms with Crippen molar-refractivity contribution in [2.24, 2.45) is 0 Å². The summed E-state index contributed by atoms with van der Waals surface area (Å²) in [5, 5.41) is 10.9. The zero-order valence-electron chi connectivity index (χ0n) is 16.0. The zero-order chi connectivity index (χ0) is 19.7. The number of amides is 1. The van der Waals surface area contributed by atoms with Crippen molar-refractivity contribution in [2.45, 2.75) is 20.3 Å². The maximum Gasteiger partial charge on any atom is 0.230 e. The van der Waals surface area contributed by atoms with Gasteiger partial charge in [-0.05, 0) is 37.1 Å². The van der Waals surface area contributed by atoms with Crippen molar-refractivity contribution >= 4 is 22.7 Å². The van der Waals surface area contributed by atoms with Crippen molar-refractivity contribution in [3.8, 4) is 17.0 Å². The molecule has 0 radical (unpaired) electrons. The molecular weight excluding hydrogens is 354 g/mol. The van der Waals surface area contributed by atoms with E-state index in [0.717, 1.165) is 39.1 Å². The van der Waals surface area contributed by atoms with Crippen molar-refractivity contribution in [1.29, 1.82) is 0 Å². The molecule has 0 saturated carbocycles. The largest absolute Gasteiger partial charge is 0.496 e. The van der Waals surface area contributed by atoms with Gasteiger partial charge in [0.05, 0.1) is 25.5 Å². The van der Waals surface area contributed by atoms with Gasteiger partial charge in [0.2, 0.25) is 5.91 Å². The topological polar surface area (TPSA) is 80.2 Å². The number of hydrogen-bond acceptors (Lipinski definition) is 4. The van der Waals surface area contributed by atoms with Crippen molar-refractivity contribution in [2.75, 3.05) is 12.4 Å². The molecule has 6 nitrogen and oxygen atoms in total. The standard InChI is InChI=1S/C22H21N3O3/c1-13-8-9-16-15(12-28-22(16)14(13)2)10-21(26)23-20-11-18(24-25-20)17-6-4-5-7-19(17)27-3/h4-9,11-12H,10H2,1-3H3,(H2,23,24,25,26). The molecule has 0 fully saturated rings. The summed E-state index contributed by atoms with van der Waals surface area (Å²) in [6.07, 6.45) is 1.87. The number of nitrogens with zero attached hydrogens (tertiary/aromatic N) is 1. The predicted octanol–water partition coefficient (Wildman–Crippen LogP) is 4.63. The number of benzene rings is 2. The molecule has 0 aliphatic heterocycles. The van der Waals surface area contributed by atoms with Gasteiger partial charge in [0.25, 0.3) is 0 Å². The van der Waals surface area contributed by atoms with Crippen LogP contribution in [0.2, 0.25) is 0 Å². The van der Waals surface area contributed by atoms with Crippen molar-refractivity contribution in [1.82, 2.24) is 10.2 Å². The van der Waals surface area contributed by atoms with E-state index in [9.17, 15) is 4.79 Å². The molecule has 0 aliphatic rings. The highest BCUT2D eigenvalue weighted by Crippen LogP contribution is 2.30. The van der Waals surface area contributed by atoms with Gasteiger partial charge in [0.15, 0.2) is 5.82 Å². The third-order valence-corrected chi connectivity index (χ3v) is 4.94. The minimum Gasteiger partial charge on any atom is -0.496 e. The lowest BCUT2D eigenvalue weighted by atomic mass is 10.0. The van der Waals surface area contributed by atoms with E-state index in [2.05, 4.69) is 15.5 Å². The molecule has 0 unspecified atom stereocenters. The van der Waals surface area contributed by atoms with Crippen LogP contribution in [0.5, 0.6) is 5.75 Å². The Kier molecular flexibility index (Phi) is 4.61. The molecule has 1 amide bonds. The second-order valence-corrected chi connectivity index (χ2v) is 6.74. The van der Waals surface area contributed by atoms with Crippen molar-refractivity contribution < 1.29 is 13.9 Å². The van der Waals surface area contributed by atoms with E-state index in [4.69, 9.17) is 9.15 Å². The highest BCUT2D eigenvalue weighted by Gasteiger charge is 2.15. The van der Waals surface area contributed by atoms with Crippen LogP contribution in [0.1, 0.15) is 16.7 Å². The summed E-state index contributed by atoms with van der Waals surface area (Å²) in [6, 6.07) is 13.5. The highest BCUT2D eigenvalue weighted by atomic mass is 16.5. The van der Waals surface area contributed by atoms with E-state index in [-0.39, 0.29) is 12.3 Å². The molecule has 28 heavy (non-hydrogen) atoms. The van der Waals surface area contributed by atoms with Gasteiger partial charge >= 0.3 is 0 Å². The third kappa shape index (κ3) is 3.24. The second kappa shape index (κ2) is 7.23. The summed E-state index contributed by atoms with van der Waals surface area (Å²) in [5.41, 5.74) is 5.60. The second-order valence-electron chi connectivity index (χ2n) is 6.74. The van der Waals surface area contributed by atoms with Gasteiger partial charge in [-0.2, -0.15) is 5.10 Å². The number of rotatable bonds is 5. The molecule has 0 bridgehead atoms. The lowest BCUT2D eigenvalue weighted by Crippen LogP contribution is -2.14. The van der Waals surface area contributed by atoms with E-state index in [1.165, 1.54) is 5.56 Å². The van der Waals surface area contributed by atoms with Crippen LogP contribution in [0.3, 0.4) is 0 Å². The molecule has 0 aliphatic carbocycles. The molecule has 2 aromatic carbocycles. The number of aromatic nitrogens is 2. The lowest BCUT2D eigenvalue weighted by Gasteiger charge is -2.05. The first-order chi connectivity index (χ1) is 13.6. The Morgan fingerprint density at radius 3 is 2.86 bits per heavy atom. The average Bonchev–Trinajstić information content (AvgIpc) is 3.32. The zero-order valence-corrected chi connectivity index (χ0v) is 16.0. The molecule has 4 rings (SSSR count). The first kappa shape index (κ1) is 17.9. The SMILES string of the molecule is COc1ccccc1-c1cc(NC(=O)Cc2coc3c(C)c(C)ccc23)n[nH]1. The summed E-state index contributed by atoms with van der Waals surface area (Å²) in [5.74, 6) is 1.05. The molecular formula is C22H21N3O3. The number of ether oxygens (including phenoxy) is 1. The summed E-state index contributed by atoms with van der Waals surface area (Å²) in [4.78, 5) is 12.5. The van der Waals surface area contributed by atoms with Crippen LogP contribution in [0, 0.1) is 13.8 Å². The maximum absolute atomic E-state index is 12.5. The molecule has 4 aromatic rings. The summed E-state index contributed by atoms with van der Waals surface area (Å²) in [7, 11) is 1.62. The summed E-state index contributed by atoms with van der Waals surface area (Å²) >= 11 is 0. The number of carbonyl (C=O) groups excluding carboxylic acids is 1. The number of H-pyrrole nitrogens is 1. The number of nitrogens with one attached hydrogen (secondary N) is 2. The fraction of sp³-hybridized carbons (Fsp3) is 0.182. The van der Waals surface area contributed by atoms with Gasteiger partial charge in [-0.1, -0.05) is 24.3 Å². The minimum absolute atomic E-state index is 0.154. The molecule has 2 heterocycles. The highest BCUT2D eigenvalue weighted by molar-refractivity contribution is 5.95. The van der Waals surface area contributed by atoms with E-state index >= 15 is 0 Å². The number of anilines is 1. The summed E-state index contributed by atoms with van der Waals surface area (Å²) < 4.78 is 11.1. The Bertz CT molecular complexity index is 1160. The van der Waals surface area contributed by atoms with Crippen LogP contribution in [0.4, 0.5) is 5.82 Å². The van der Waals surface area contributed by atoms with Gasteiger partial charge in [-0.3, -0.25) is 9.89 Å². The third-order valence-electron chi connectivity index (χ3n) is 4.94. The Hall–Kier alpha value is -3.54. The van der Waals surface area contributed by atoms with E-state index in [0.29, 0.717) is 5.82 Å². The number of methoxy groups -OCH3 is 1. The van der Waals surface area contributed by atoms with Crippen LogP contribution >= 0.6 is 0 Å². The number of fused-ring (bicyclic) bond motifs is 1. The first-order valence-corrected chi connectivity index (χ1v) is 9.01. The van der Waals surface area contributed by atoms with Crippen LogP contribution in [-0.2, 0) is 11.2 Å². The number of hydrogen-bond donors (Lipinski definition) is 2. The van der Waals surface area contributed by atoms with Crippen LogP contribution in [0.25, 0.3) is 22.2 Å². The Balaban J connectivity index is 1.51. The predicted molar refractivity (Wildman–Crippen MR) is 109 cm³/mol. The normalized spacial score (nSPS) is 11.0. The van der Waals surface area contributed by atoms with Crippen molar-refractivity contribution in [3.05, 3.63) is 65.4 Å². The number of aromatic amines is 1. The monoisotopic (exact) mass is 375 g/mol. The molecule has 2 aromatic heterocycles. The molecule has 2 N–H and O–H groups in total. The molecule has 142 valence electrons. The average molecular weight is 375 g/mol. The fourth-order valence-electron chi connectivity index (χ4n) is 3.28. The lowest BCUT2D eigenvalue weighted by molar-refractivity contribution is -0.115. The minimum atomic E-state index is -0.154. The quantitative estimate of drug-likeness (QED) is 0.533. The van der Waals surface area contributed by atoms with E-state index in [1.807, 2.05) is 50.2 Å². The number of aryl methyl sites for hydroxylation is 2.